The smallest absolute Gasteiger partial charge is 0 e. The van der Waals surface area contributed by atoms with Gasteiger partial charge in [-0.2, -0.15) is 6.08 Å². The SMILES string of the molecule is [C-]1=CCCC=C1.[Ir]. The van der Waals surface area contributed by atoms with Crippen LogP contribution >= 0.6 is 0 Å². The largest absolute Gasteiger partial charge is 0.255 e. The van der Waals surface area contributed by atoms with Gasteiger partial charge in [0.05, 0.1) is 0 Å². The maximum Gasteiger partial charge on any atom is 0 e. The maximum absolute atomic E-state index is 2.98. The van der Waals surface area contributed by atoms with Crippen molar-refractivity contribution in [2.24, 2.45) is 0 Å². The zero-order valence-corrected chi connectivity index (χ0v) is 6.37. The Morgan fingerprint density at radius 3 is 2.29 bits per heavy atom. The van der Waals surface area contributed by atoms with Gasteiger partial charge in [0.1, 0.15) is 0 Å². The zero-order chi connectivity index (χ0) is 4.24. The molecule has 0 aromatic heterocycles. The third kappa shape index (κ3) is 2.78. The minimum atomic E-state index is 0. The summed E-state index contributed by atoms with van der Waals surface area (Å²) in [7, 11) is 0. The molecular weight excluding hydrogens is 264 g/mol. The van der Waals surface area contributed by atoms with E-state index in [1.165, 1.54) is 12.8 Å². The predicted octanol–water partition coefficient (Wildman–Crippen LogP) is 1.69. The van der Waals surface area contributed by atoms with Crippen molar-refractivity contribution in [2.45, 2.75) is 12.8 Å². The van der Waals surface area contributed by atoms with Gasteiger partial charge in [-0.1, -0.05) is 12.8 Å². The van der Waals surface area contributed by atoms with Gasteiger partial charge in [0.15, 0.2) is 0 Å². The van der Waals surface area contributed by atoms with Crippen molar-refractivity contribution < 1.29 is 20.1 Å². The van der Waals surface area contributed by atoms with E-state index in [4.69, 9.17) is 0 Å². The Morgan fingerprint density at radius 1 is 1.29 bits per heavy atom. The maximum atomic E-state index is 2.98. The Kier molecular flexibility index (Phi) is 4.37. The molecule has 0 saturated carbocycles. The number of hydrogen-bond acceptors (Lipinski definition) is 0. The summed E-state index contributed by atoms with van der Waals surface area (Å²) >= 11 is 0. The van der Waals surface area contributed by atoms with Crippen molar-refractivity contribution >= 4 is 0 Å². The standard InChI is InChI=1S/C6H7.Ir/c1-2-4-6-5-3-1;/h1-2,6H,3,5H2;/q-1;. The van der Waals surface area contributed by atoms with E-state index < -0.39 is 0 Å². The molecule has 41 valence electrons. The second-order valence-corrected chi connectivity index (χ2v) is 1.35. The predicted molar refractivity (Wildman–Crippen MR) is 26.2 cm³/mol. The van der Waals surface area contributed by atoms with Crippen LogP contribution in [0.5, 0.6) is 0 Å². The van der Waals surface area contributed by atoms with E-state index in [0.717, 1.165) is 0 Å². The van der Waals surface area contributed by atoms with Crippen molar-refractivity contribution in [2.75, 3.05) is 0 Å². The van der Waals surface area contributed by atoms with Crippen LogP contribution in [0.2, 0.25) is 0 Å². The third-order valence-electron chi connectivity index (χ3n) is 0.810. The quantitative estimate of drug-likeness (QED) is 0.588. The zero-order valence-electron chi connectivity index (χ0n) is 3.98. The normalized spacial score (nSPS) is 16.0. The molecule has 0 N–H and O–H groups in total. The number of hydrogen-bond donors (Lipinski definition) is 0. The van der Waals surface area contributed by atoms with Gasteiger partial charge in [0, 0.05) is 20.1 Å². The molecule has 1 aliphatic rings. The van der Waals surface area contributed by atoms with Crippen LogP contribution in [-0.2, 0) is 20.1 Å². The van der Waals surface area contributed by atoms with Crippen molar-refractivity contribution in [1.29, 1.82) is 0 Å². The van der Waals surface area contributed by atoms with Crippen molar-refractivity contribution in [1.82, 2.24) is 0 Å². The first kappa shape index (κ1) is 7.13. The molecule has 0 amide bonds. The van der Waals surface area contributed by atoms with Gasteiger partial charge in [-0.15, -0.1) is 0 Å². The van der Waals surface area contributed by atoms with Crippen LogP contribution in [0.15, 0.2) is 18.2 Å². The second-order valence-electron chi connectivity index (χ2n) is 1.35. The van der Waals surface area contributed by atoms with Gasteiger partial charge in [-0.05, 0) is 0 Å². The minimum absolute atomic E-state index is 0. The first-order chi connectivity index (χ1) is 3.00. The molecule has 0 bridgehead atoms. The number of allylic oxidation sites excluding steroid dienone is 4. The van der Waals surface area contributed by atoms with E-state index in [9.17, 15) is 0 Å². The number of rotatable bonds is 0. The first-order valence-corrected chi connectivity index (χ1v) is 2.23. The summed E-state index contributed by atoms with van der Waals surface area (Å²) in [4.78, 5) is 0. The van der Waals surface area contributed by atoms with Crippen molar-refractivity contribution in [3.63, 3.8) is 0 Å². The van der Waals surface area contributed by atoms with Gasteiger partial charge in [0.2, 0.25) is 0 Å². The van der Waals surface area contributed by atoms with Crippen molar-refractivity contribution in [3.8, 4) is 0 Å². The molecule has 0 spiro atoms. The molecule has 1 heteroatoms. The fraction of sp³-hybridized carbons (Fsp3) is 0.333. The van der Waals surface area contributed by atoms with Crippen LogP contribution in [0.1, 0.15) is 12.8 Å². The van der Waals surface area contributed by atoms with E-state index in [1.54, 1.807) is 0 Å². The summed E-state index contributed by atoms with van der Waals surface area (Å²) in [5, 5.41) is 0. The van der Waals surface area contributed by atoms with Crippen LogP contribution in [0.4, 0.5) is 0 Å². The van der Waals surface area contributed by atoms with Crippen molar-refractivity contribution in [3.05, 3.63) is 24.3 Å². The topological polar surface area (TPSA) is 0 Å². The molecule has 0 fully saturated rings. The van der Waals surface area contributed by atoms with E-state index in [0.29, 0.717) is 0 Å². The van der Waals surface area contributed by atoms with Crippen LogP contribution in [0.3, 0.4) is 0 Å². The second kappa shape index (κ2) is 4.29. The molecule has 1 aliphatic carbocycles. The third-order valence-corrected chi connectivity index (χ3v) is 0.810. The Balaban J connectivity index is 0.000000360. The summed E-state index contributed by atoms with van der Waals surface area (Å²) in [6.07, 6.45) is 11.5. The Bertz CT molecular complexity index is 70.2. The van der Waals surface area contributed by atoms with Gasteiger partial charge in [-0.25, -0.2) is 12.2 Å². The van der Waals surface area contributed by atoms with Crippen LogP contribution in [-0.4, -0.2) is 0 Å². The summed E-state index contributed by atoms with van der Waals surface area (Å²) in [6.45, 7) is 0. The van der Waals surface area contributed by atoms with Gasteiger partial charge < -0.3 is 0 Å². The molecule has 7 heavy (non-hydrogen) atoms. The molecule has 1 rings (SSSR count). The van der Waals surface area contributed by atoms with Gasteiger partial charge in [-0.3, -0.25) is 6.08 Å². The molecule has 0 nitrogen and oxygen atoms in total. The molecule has 0 saturated heterocycles. The van der Waals surface area contributed by atoms with Gasteiger partial charge >= 0.3 is 0 Å². The molecule has 1 radical (unpaired) electrons. The molecule has 0 heterocycles. The average molecular weight is 271 g/mol. The molecule has 0 atom stereocenters. The monoisotopic (exact) mass is 272 g/mol. The minimum Gasteiger partial charge on any atom is -0.255 e. The van der Waals surface area contributed by atoms with Crippen LogP contribution < -0.4 is 0 Å². The van der Waals surface area contributed by atoms with E-state index in [-0.39, 0.29) is 20.1 Å². The summed E-state index contributed by atoms with van der Waals surface area (Å²) in [6, 6.07) is 0. The molecule has 0 aromatic rings. The summed E-state index contributed by atoms with van der Waals surface area (Å²) < 4.78 is 0. The Labute approximate surface area is 57.7 Å². The average Bonchev–Trinajstić information content (AvgIpc) is 1.72. The Hall–Kier alpha value is 0.129. The van der Waals surface area contributed by atoms with Gasteiger partial charge in [0.25, 0.3) is 0 Å². The molecular formula is C6H7Ir-. The van der Waals surface area contributed by atoms with E-state index in [2.05, 4.69) is 18.2 Å². The summed E-state index contributed by atoms with van der Waals surface area (Å²) in [5.41, 5.74) is 0. The fourth-order valence-electron chi connectivity index (χ4n) is 0.482. The molecule has 0 aliphatic heterocycles. The van der Waals surface area contributed by atoms with Crippen LogP contribution in [0, 0.1) is 6.08 Å². The summed E-state index contributed by atoms with van der Waals surface area (Å²) in [5.74, 6) is 0. The first-order valence-electron chi connectivity index (χ1n) is 2.23. The van der Waals surface area contributed by atoms with E-state index in [1.807, 2.05) is 6.08 Å². The fourth-order valence-corrected chi connectivity index (χ4v) is 0.482. The van der Waals surface area contributed by atoms with Crippen LogP contribution in [0.25, 0.3) is 0 Å². The van der Waals surface area contributed by atoms with E-state index >= 15 is 0 Å². The molecule has 0 aromatic carbocycles. The Morgan fingerprint density at radius 2 is 2.14 bits per heavy atom. The molecule has 0 unspecified atom stereocenters.